The maximum Gasteiger partial charge on any atom is 0.271 e. The highest BCUT2D eigenvalue weighted by Crippen LogP contribution is 2.21. The van der Waals surface area contributed by atoms with Crippen molar-refractivity contribution in [3.8, 4) is 5.75 Å². The molecular weight excluding hydrogens is 374 g/mol. The number of amides is 1. The SMILES string of the molecule is CCN(c1ccc(OCC(=O)Nc2cccc([N+](=O)[O-])c2)cc1)S(C)(=O)=O. The van der Waals surface area contributed by atoms with Crippen LogP contribution in [0.15, 0.2) is 48.5 Å². The van der Waals surface area contributed by atoms with Crippen molar-refractivity contribution in [1.29, 1.82) is 0 Å². The van der Waals surface area contributed by atoms with E-state index in [2.05, 4.69) is 5.32 Å². The summed E-state index contributed by atoms with van der Waals surface area (Å²) in [5.41, 5.74) is 0.656. The number of nitro benzene ring substituents is 1. The van der Waals surface area contributed by atoms with Gasteiger partial charge < -0.3 is 10.1 Å². The number of nitrogens with zero attached hydrogens (tertiary/aromatic N) is 2. The minimum atomic E-state index is -3.37. The van der Waals surface area contributed by atoms with Gasteiger partial charge in [0.1, 0.15) is 5.75 Å². The number of rotatable bonds is 8. The number of sulfonamides is 1. The molecule has 0 radical (unpaired) electrons. The molecule has 0 aromatic heterocycles. The van der Waals surface area contributed by atoms with E-state index in [0.29, 0.717) is 23.7 Å². The van der Waals surface area contributed by atoms with Crippen LogP contribution >= 0.6 is 0 Å². The fourth-order valence-corrected chi connectivity index (χ4v) is 3.33. The second kappa shape index (κ2) is 8.49. The highest BCUT2D eigenvalue weighted by Gasteiger charge is 2.15. The van der Waals surface area contributed by atoms with Crippen LogP contribution in [0.3, 0.4) is 0 Å². The number of benzene rings is 2. The van der Waals surface area contributed by atoms with E-state index in [4.69, 9.17) is 4.74 Å². The van der Waals surface area contributed by atoms with Gasteiger partial charge >= 0.3 is 0 Å². The van der Waals surface area contributed by atoms with Crippen molar-refractivity contribution < 1.29 is 22.9 Å². The van der Waals surface area contributed by atoms with E-state index in [0.717, 1.165) is 6.26 Å². The van der Waals surface area contributed by atoms with Crippen molar-refractivity contribution in [2.24, 2.45) is 0 Å². The Bertz CT molecular complexity index is 928. The standard InChI is InChI=1S/C17H19N3O6S/c1-3-19(27(2,24)25)14-7-9-16(10-8-14)26-12-17(21)18-13-5-4-6-15(11-13)20(22)23/h4-11H,3,12H2,1-2H3,(H,18,21). The third kappa shape index (κ3) is 5.68. The molecule has 0 saturated heterocycles. The zero-order valence-electron chi connectivity index (χ0n) is 14.8. The van der Waals surface area contributed by atoms with Crippen LogP contribution in [0.4, 0.5) is 17.1 Å². The Kier molecular flexibility index (Phi) is 6.35. The van der Waals surface area contributed by atoms with Gasteiger partial charge in [0, 0.05) is 24.4 Å². The van der Waals surface area contributed by atoms with Crippen LogP contribution < -0.4 is 14.4 Å². The Balaban J connectivity index is 1.95. The van der Waals surface area contributed by atoms with E-state index in [1.165, 1.54) is 28.6 Å². The number of hydrogen-bond acceptors (Lipinski definition) is 6. The fourth-order valence-electron chi connectivity index (χ4n) is 2.36. The molecule has 0 saturated carbocycles. The molecule has 0 aliphatic heterocycles. The van der Waals surface area contributed by atoms with Gasteiger partial charge in [-0.15, -0.1) is 0 Å². The molecule has 27 heavy (non-hydrogen) atoms. The van der Waals surface area contributed by atoms with Crippen LogP contribution in [0.5, 0.6) is 5.75 Å². The molecule has 0 atom stereocenters. The molecule has 9 nitrogen and oxygen atoms in total. The maximum atomic E-state index is 11.9. The lowest BCUT2D eigenvalue weighted by atomic mass is 10.3. The lowest BCUT2D eigenvalue weighted by molar-refractivity contribution is -0.384. The highest BCUT2D eigenvalue weighted by atomic mass is 32.2. The van der Waals surface area contributed by atoms with Gasteiger partial charge in [-0.05, 0) is 37.3 Å². The zero-order chi connectivity index (χ0) is 20.0. The van der Waals surface area contributed by atoms with Crippen LogP contribution in [0, 0.1) is 10.1 Å². The minimum absolute atomic E-state index is 0.129. The second-order valence-corrected chi connectivity index (χ2v) is 7.47. The minimum Gasteiger partial charge on any atom is -0.484 e. The molecule has 0 spiro atoms. The molecule has 2 aromatic rings. The van der Waals surface area contributed by atoms with Crippen LogP contribution in [0.1, 0.15) is 6.92 Å². The largest absolute Gasteiger partial charge is 0.484 e. The Morgan fingerprint density at radius 1 is 1.22 bits per heavy atom. The van der Waals surface area contributed by atoms with Crippen molar-refractivity contribution in [3.63, 3.8) is 0 Å². The van der Waals surface area contributed by atoms with Gasteiger partial charge in [-0.1, -0.05) is 6.07 Å². The molecule has 1 N–H and O–H groups in total. The highest BCUT2D eigenvalue weighted by molar-refractivity contribution is 7.92. The summed E-state index contributed by atoms with van der Waals surface area (Å²) < 4.78 is 30.0. The molecule has 0 aliphatic rings. The summed E-state index contributed by atoms with van der Waals surface area (Å²) in [4.78, 5) is 22.1. The number of nitrogens with one attached hydrogen (secondary N) is 1. The van der Waals surface area contributed by atoms with Gasteiger partial charge in [0.25, 0.3) is 11.6 Å². The van der Waals surface area contributed by atoms with Crippen molar-refractivity contribution in [1.82, 2.24) is 0 Å². The average molecular weight is 393 g/mol. The summed E-state index contributed by atoms with van der Waals surface area (Å²) in [6.45, 7) is 1.72. The maximum absolute atomic E-state index is 11.9. The first-order valence-electron chi connectivity index (χ1n) is 7.95. The molecule has 0 bridgehead atoms. The van der Waals surface area contributed by atoms with Crippen LogP contribution in [0.2, 0.25) is 0 Å². The zero-order valence-corrected chi connectivity index (χ0v) is 15.6. The van der Waals surface area contributed by atoms with E-state index in [-0.39, 0.29) is 12.3 Å². The molecular formula is C17H19N3O6S. The van der Waals surface area contributed by atoms with E-state index < -0.39 is 20.9 Å². The van der Waals surface area contributed by atoms with Crippen molar-refractivity contribution in [2.45, 2.75) is 6.92 Å². The van der Waals surface area contributed by atoms with Gasteiger partial charge in [0.05, 0.1) is 16.9 Å². The summed E-state index contributed by atoms with van der Waals surface area (Å²) >= 11 is 0. The summed E-state index contributed by atoms with van der Waals surface area (Å²) in [7, 11) is -3.37. The van der Waals surface area contributed by atoms with Crippen LogP contribution in [-0.2, 0) is 14.8 Å². The smallest absolute Gasteiger partial charge is 0.271 e. The lowest BCUT2D eigenvalue weighted by Gasteiger charge is -2.20. The number of hydrogen-bond donors (Lipinski definition) is 1. The molecule has 10 heteroatoms. The molecule has 1 amide bonds. The predicted octanol–water partition coefficient (Wildman–Crippen LogP) is 2.40. The number of carbonyl (C=O) groups excluding carboxylic acids is 1. The number of ether oxygens (including phenoxy) is 1. The quantitative estimate of drug-likeness (QED) is 0.543. The summed E-state index contributed by atoms with van der Waals surface area (Å²) in [6, 6.07) is 11.9. The van der Waals surface area contributed by atoms with Gasteiger partial charge in [0.2, 0.25) is 10.0 Å². The van der Waals surface area contributed by atoms with Crippen molar-refractivity contribution in [3.05, 3.63) is 58.6 Å². The molecule has 0 heterocycles. The second-order valence-electron chi connectivity index (χ2n) is 5.57. The predicted molar refractivity (Wildman–Crippen MR) is 102 cm³/mol. The van der Waals surface area contributed by atoms with Crippen molar-refractivity contribution in [2.75, 3.05) is 29.0 Å². The van der Waals surface area contributed by atoms with Crippen LogP contribution in [-0.4, -0.2) is 38.7 Å². The van der Waals surface area contributed by atoms with E-state index in [1.54, 1.807) is 31.2 Å². The Morgan fingerprint density at radius 3 is 2.44 bits per heavy atom. The summed E-state index contributed by atoms with van der Waals surface area (Å²) in [5.74, 6) is -0.0941. The third-order valence-corrected chi connectivity index (χ3v) is 4.79. The first kappa shape index (κ1) is 20.2. The Hall–Kier alpha value is -3.14. The average Bonchev–Trinajstić information content (AvgIpc) is 2.60. The molecule has 2 aromatic carbocycles. The topological polar surface area (TPSA) is 119 Å². The summed E-state index contributed by atoms with van der Waals surface area (Å²) in [6.07, 6.45) is 1.12. The molecule has 0 unspecified atom stereocenters. The van der Waals surface area contributed by atoms with Gasteiger partial charge in [0.15, 0.2) is 6.61 Å². The van der Waals surface area contributed by atoms with E-state index in [1.807, 2.05) is 0 Å². The number of anilines is 2. The lowest BCUT2D eigenvalue weighted by Crippen LogP contribution is -2.29. The molecule has 144 valence electrons. The fraction of sp³-hybridized carbons (Fsp3) is 0.235. The van der Waals surface area contributed by atoms with Gasteiger partial charge in [-0.3, -0.25) is 19.2 Å². The third-order valence-electron chi connectivity index (χ3n) is 3.52. The Morgan fingerprint density at radius 2 is 1.89 bits per heavy atom. The normalized spacial score (nSPS) is 10.9. The van der Waals surface area contributed by atoms with Gasteiger partial charge in [-0.2, -0.15) is 0 Å². The number of non-ortho nitro benzene ring substituents is 1. The number of nitro groups is 1. The molecule has 2 rings (SSSR count). The monoisotopic (exact) mass is 393 g/mol. The molecule has 0 aliphatic carbocycles. The summed E-state index contributed by atoms with van der Waals surface area (Å²) in [5, 5.41) is 13.2. The number of carbonyl (C=O) groups is 1. The molecule has 0 fully saturated rings. The Labute approximate surface area is 156 Å². The van der Waals surface area contributed by atoms with Crippen LogP contribution in [0.25, 0.3) is 0 Å². The van der Waals surface area contributed by atoms with Crippen molar-refractivity contribution >= 4 is 33.0 Å². The van der Waals surface area contributed by atoms with E-state index in [9.17, 15) is 23.3 Å². The van der Waals surface area contributed by atoms with E-state index >= 15 is 0 Å². The van der Waals surface area contributed by atoms with Gasteiger partial charge in [-0.25, -0.2) is 8.42 Å². The first-order valence-corrected chi connectivity index (χ1v) is 9.80. The first-order chi connectivity index (χ1) is 12.7.